The molecule has 0 saturated carbocycles. The Kier molecular flexibility index (Phi) is 6.85. The summed E-state index contributed by atoms with van der Waals surface area (Å²) in [6.07, 6.45) is 1.81. The Balaban J connectivity index is 3.53. The number of ether oxygens (including phenoxy) is 1. The predicted octanol–water partition coefficient (Wildman–Crippen LogP) is 2.91. The first kappa shape index (κ1) is 15.9. The number of alkyl carbamates (subject to hydrolysis) is 1. The maximum absolute atomic E-state index is 11.3. The Morgan fingerprint density at radius 3 is 2.24 bits per heavy atom. The second-order valence-corrected chi connectivity index (χ2v) is 5.51. The Bertz CT molecular complexity index is 254. The predicted molar refractivity (Wildman–Crippen MR) is 67.9 cm³/mol. The van der Waals surface area contributed by atoms with Gasteiger partial charge < -0.3 is 10.1 Å². The van der Waals surface area contributed by atoms with Crippen molar-refractivity contribution in [3.05, 3.63) is 0 Å². The lowest BCUT2D eigenvalue weighted by atomic mass is 10.0. The lowest BCUT2D eigenvalue weighted by molar-refractivity contribution is -0.122. The molecule has 17 heavy (non-hydrogen) atoms. The van der Waals surface area contributed by atoms with Crippen molar-refractivity contribution in [1.29, 1.82) is 0 Å². The molecule has 0 aliphatic carbocycles. The van der Waals surface area contributed by atoms with Crippen LogP contribution in [0.4, 0.5) is 4.79 Å². The number of carbonyl (C=O) groups excluding carboxylic acids is 2. The first-order valence-electron chi connectivity index (χ1n) is 6.22. The van der Waals surface area contributed by atoms with Crippen molar-refractivity contribution in [2.45, 2.75) is 59.5 Å². The lowest BCUT2D eigenvalue weighted by Crippen LogP contribution is -2.33. The second-order valence-electron chi connectivity index (χ2n) is 5.51. The average Bonchev–Trinajstić information content (AvgIpc) is 2.13. The second kappa shape index (κ2) is 7.30. The normalized spacial score (nSPS) is 11.4. The molecule has 0 spiro atoms. The summed E-state index contributed by atoms with van der Waals surface area (Å²) >= 11 is 0. The van der Waals surface area contributed by atoms with Crippen LogP contribution in [0.5, 0.6) is 0 Å². The van der Waals surface area contributed by atoms with Crippen molar-refractivity contribution in [3.63, 3.8) is 0 Å². The molecular weight excluding hydrogens is 218 g/mol. The molecule has 4 nitrogen and oxygen atoms in total. The number of amides is 1. The largest absolute Gasteiger partial charge is 0.444 e. The number of rotatable bonds is 6. The summed E-state index contributed by atoms with van der Waals surface area (Å²) in [4.78, 5) is 22.6. The van der Waals surface area contributed by atoms with Crippen molar-refractivity contribution in [1.82, 2.24) is 5.32 Å². The van der Waals surface area contributed by atoms with Crippen molar-refractivity contribution >= 4 is 11.9 Å². The third-order valence-electron chi connectivity index (χ3n) is 2.16. The van der Waals surface area contributed by atoms with Crippen LogP contribution in [0.2, 0.25) is 0 Å². The van der Waals surface area contributed by atoms with Crippen LogP contribution in [0, 0.1) is 5.92 Å². The maximum atomic E-state index is 11.3. The quantitative estimate of drug-likeness (QED) is 0.730. The zero-order valence-corrected chi connectivity index (χ0v) is 11.6. The Morgan fingerprint density at radius 1 is 1.18 bits per heavy atom. The monoisotopic (exact) mass is 243 g/mol. The standard InChI is InChI=1S/C13H25NO3/c1-10(2)11(15)8-6-7-9-14-12(16)17-13(3,4)5/h10H,6-9H2,1-5H3,(H,14,16). The van der Waals surface area contributed by atoms with Gasteiger partial charge in [-0.1, -0.05) is 13.8 Å². The molecule has 0 aromatic heterocycles. The van der Waals surface area contributed by atoms with E-state index in [1.807, 2.05) is 34.6 Å². The van der Waals surface area contributed by atoms with Crippen LogP contribution in [-0.4, -0.2) is 24.0 Å². The molecule has 1 amide bonds. The van der Waals surface area contributed by atoms with E-state index in [4.69, 9.17) is 4.74 Å². The molecule has 0 unspecified atom stereocenters. The van der Waals surface area contributed by atoms with Crippen molar-refractivity contribution in [2.75, 3.05) is 6.54 Å². The van der Waals surface area contributed by atoms with Gasteiger partial charge in [0.1, 0.15) is 11.4 Å². The van der Waals surface area contributed by atoms with Crippen molar-refractivity contribution in [3.8, 4) is 0 Å². The number of ketones is 1. The molecule has 4 heteroatoms. The minimum atomic E-state index is -0.461. The fourth-order valence-corrected chi connectivity index (χ4v) is 1.22. The van der Waals surface area contributed by atoms with Gasteiger partial charge in [0, 0.05) is 18.9 Å². The van der Waals surface area contributed by atoms with Gasteiger partial charge in [-0.3, -0.25) is 4.79 Å². The van der Waals surface area contributed by atoms with Gasteiger partial charge in [0.05, 0.1) is 0 Å². The average molecular weight is 243 g/mol. The van der Waals surface area contributed by atoms with Gasteiger partial charge >= 0.3 is 6.09 Å². The topological polar surface area (TPSA) is 55.4 Å². The van der Waals surface area contributed by atoms with E-state index in [1.165, 1.54) is 0 Å². The summed E-state index contributed by atoms with van der Waals surface area (Å²) in [6, 6.07) is 0. The van der Waals surface area contributed by atoms with Crippen LogP contribution < -0.4 is 5.32 Å². The molecule has 0 fully saturated rings. The third kappa shape index (κ3) is 9.85. The van der Waals surface area contributed by atoms with E-state index in [9.17, 15) is 9.59 Å². The van der Waals surface area contributed by atoms with E-state index < -0.39 is 11.7 Å². The molecule has 0 aromatic rings. The molecule has 0 atom stereocenters. The van der Waals surface area contributed by atoms with E-state index in [2.05, 4.69) is 5.32 Å². The summed E-state index contributed by atoms with van der Waals surface area (Å²) < 4.78 is 5.09. The first-order chi connectivity index (χ1) is 7.72. The Morgan fingerprint density at radius 2 is 1.76 bits per heavy atom. The summed E-state index contributed by atoms with van der Waals surface area (Å²) in [5.41, 5.74) is -0.461. The van der Waals surface area contributed by atoms with Crippen LogP contribution in [0.1, 0.15) is 53.9 Å². The van der Waals surface area contributed by atoms with Gasteiger partial charge in [0.25, 0.3) is 0 Å². The highest BCUT2D eigenvalue weighted by Crippen LogP contribution is 2.07. The molecule has 0 aliphatic rings. The number of Topliss-reactive ketones (excluding diaryl/α,β-unsaturated/α-hetero) is 1. The molecular formula is C13H25NO3. The van der Waals surface area contributed by atoms with Crippen LogP contribution in [0.25, 0.3) is 0 Å². The summed E-state index contributed by atoms with van der Waals surface area (Å²) in [5, 5.41) is 2.67. The number of carbonyl (C=O) groups is 2. The Hall–Kier alpha value is -1.06. The number of hydrogen-bond donors (Lipinski definition) is 1. The molecule has 0 bridgehead atoms. The first-order valence-corrected chi connectivity index (χ1v) is 6.22. The SMILES string of the molecule is CC(C)C(=O)CCCCNC(=O)OC(C)(C)C. The lowest BCUT2D eigenvalue weighted by Gasteiger charge is -2.19. The van der Waals surface area contributed by atoms with E-state index >= 15 is 0 Å². The van der Waals surface area contributed by atoms with Gasteiger partial charge in [0.15, 0.2) is 0 Å². The minimum Gasteiger partial charge on any atom is -0.444 e. The Labute approximate surface area is 104 Å². The number of hydrogen-bond acceptors (Lipinski definition) is 3. The fourth-order valence-electron chi connectivity index (χ4n) is 1.22. The van der Waals surface area contributed by atoms with Crippen molar-refractivity contribution in [2.24, 2.45) is 5.92 Å². The van der Waals surface area contributed by atoms with Crippen molar-refractivity contribution < 1.29 is 14.3 Å². The third-order valence-corrected chi connectivity index (χ3v) is 2.16. The molecule has 0 saturated heterocycles. The van der Waals surface area contributed by atoms with Crippen LogP contribution in [0.15, 0.2) is 0 Å². The smallest absolute Gasteiger partial charge is 0.407 e. The fraction of sp³-hybridized carbons (Fsp3) is 0.846. The highest BCUT2D eigenvalue weighted by molar-refractivity contribution is 5.80. The van der Waals surface area contributed by atoms with E-state index in [0.717, 1.165) is 12.8 Å². The summed E-state index contributed by atoms with van der Waals surface area (Å²) in [7, 11) is 0. The molecule has 100 valence electrons. The van der Waals surface area contributed by atoms with Gasteiger partial charge in [-0.25, -0.2) is 4.79 Å². The van der Waals surface area contributed by atoms with Crippen LogP contribution in [0.3, 0.4) is 0 Å². The molecule has 0 heterocycles. The minimum absolute atomic E-state index is 0.105. The van der Waals surface area contributed by atoms with Crippen LogP contribution >= 0.6 is 0 Å². The zero-order valence-electron chi connectivity index (χ0n) is 11.6. The maximum Gasteiger partial charge on any atom is 0.407 e. The molecule has 0 rings (SSSR count). The van der Waals surface area contributed by atoms with E-state index in [1.54, 1.807) is 0 Å². The zero-order chi connectivity index (χ0) is 13.5. The van der Waals surface area contributed by atoms with Gasteiger partial charge in [-0.05, 0) is 33.6 Å². The van der Waals surface area contributed by atoms with E-state index in [0.29, 0.717) is 13.0 Å². The molecule has 0 aliphatic heterocycles. The van der Waals surface area contributed by atoms with E-state index in [-0.39, 0.29) is 11.7 Å². The van der Waals surface area contributed by atoms with Crippen LogP contribution in [-0.2, 0) is 9.53 Å². The summed E-state index contributed by atoms with van der Waals surface area (Å²) in [6.45, 7) is 9.85. The molecule has 0 aromatic carbocycles. The number of nitrogens with one attached hydrogen (secondary N) is 1. The van der Waals surface area contributed by atoms with Gasteiger partial charge in [-0.15, -0.1) is 0 Å². The summed E-state index contributed by atoms with van der Waals surface area (Å²) in [5.74, 6) is 0.385. The molecule has 1 N–H and O–H groups in total. The highest BCUT2D eigenvalue weighted by atomic mass is 16.6. The van der Waals surface area contributed by atoms with Gasteiger partial charge in [0.2, 0.25) is 0 Å². The highest BCUT2D eigenvalue weighted by Gasteiger charge is 2.15. The molecule has 0 radical (unpaired) electrons. The van der Waals surface area contributed by atoms with Gasteiger partial charge in [-0.2, -0.15) is 0 Å². The number of unbranched alkanes of at least 4 members (excludes halogenated alkanes) is 1.